The van der Waals surface area contributed by atoms with Crippen LogP contribution in [0.5, 0.6) is 0 Å². The number of nitrogens with zero attached hydrogens (tertiary/aromatic N) is 2. The molecule has 1 atom stereocenters. The van der Waals surface area contributed by atoms with Crippen molar-refractivity contribution >= 4 is 21.8 Å². The van der Waals surface area contributed by atoms with Gasteiger partial charge in [0, 0.05) is 17.6 Å². The van der Waals surface area contributed by atoms with Gasteiger partial charge in [0.25, 0.3) is 5.91 Å². The number of nitrogens with one attached hydrogen (secondary N) is 1. The van der Waals surface area contributed by atoms with Gasteiger partial charge in [0.15, 0.2) is 0 Å². The van der Waals surface area contributed by atoms with E-state index in [4.69, 9.17) is 5.26 Å². The molecule has 0 radical (unpaired) electrons. The normalized spacial score (nSPS) is 11.6. The zero-order valence-corrected chi connectivity index (χ0v) is 11.2. The molecule has 0 spiro atoms. The first-order chi connectivity index (χ1) is 8.17. The third-order valence-electron chi connectivity index (χ3n) is 2.21. The van der Waals surface area contributed by atoms with Crippen LogP contribution in [0.3, 0.4) is 0 Å². The fraction of sp³-hybridized carbons (Fsp3) is 0.417. The van der Waals surface area contributed by atoms with Gasteiger partial charge in [0.2, 0.25) is 0 Å². The first-order valence-electron chi connectivity index (χ1n) is 5.45. The number of pyridine rings is 1. The molecule has 1 rings (SSSR count). The van der Waals surface area contributed by atoms with Crippen LogP contribution in [-0.4, -0.2) is 22.3 Å². The Balaban J connectivity index is 2.50. The molecule has 0 saturated carbocycles. The summed E-state index contributed by atoms with van der Waals surface area (Å²) in [5.74, 6) is -0.213. The van der Waals surface area contributed by atoms with Crippen molar-refractivity contribution in [3.63, 3.8) is 0 Å². The lowest BCUT2D eigenvalue weighted by molar-refractivity contribution is 0.0948. The van der Waals surface area contributed by atoms with Crippen molar-refractivity contribution in [1.82, 2.24) is 10.3 Å². The lowest BCUT2D eigenvalue weighted by atomic mass is 10.2. The Labute approximate surface area is 109 Å². The summed E-state index contributed by atoms with van der Waals surface area (Å²) in [7, 11) is 0. The number of hydrogen-bond acceptors (Lipinski definition) is 3. The van der Waals surface area contributed by atoms with Crippen molar-refractivity contribution in [2.45, 2.75) is 24.6 Å². The molecule has 0 fully saturated rings. The molecule has 0 bridgehead atoms. The maximum absolute atomic E-state index is 11.7. The first kappa shape index (κ1) is 13.7. The van der Waals surface area contributed by atoms with E-state index < -0.39 is 0 Å². The number of carbonyl (C=O) groups is 1. The summed E-state index contributed by atoms with van der Waals surface area (Å²) < 4.78 is 0. The molecule has 90 valence electrons. The van der Waals surface area contributed by atoms with E-state index in [1.165, 1.54) is 6.20 Å². The molecule has 0 aliphatic heterocycles. The fourth-order valence-corrected chi connectivity index (χ4v) is 1.92. The Morgan fingerprint density at radius 2 is 2.41 bits per heavy atom. The highest BCUT2D eigenvalue weighted by atomic mass is 79.9. The average molecular weight is 296 g/mol. The van der Waals surface area contributed by atoms with Crippen LogP contribution in [0.4, 0.5) is 0 Å². The van der Waals surface area contributed by atoms with Crippen molar-refractivity contribution in [2.75, 3.05) is 6.54 Å². The number of alkyl halides is 1. The summed E-state index contributed by atoms with van der Waals surface area (Å²) in [6.45, 7) is 2.67. The molecule has 1 heterocycles. The first-order valence-corrected chi connectivity index (χ1v) is 6.37. The summed E-state index contributed by atoms with van der Waals surface area (Å²) >= 11 is 3.48. The van der Waals surface area contributed by atoms with Crippen LogP contribution in [0.2, 0.25) is 0 Å². The van der Waals surface area contributed by atoms with E-state index in [1.807, 2.05) is 6.07 Å². The molecule has 17 heavy (non-hydrogen) atoms. The van der Waals surface area contributed by atoms with E-state index >= 15 is 0 Å². The Bertz CT molecular complexity index is 411. The number of carbonyl (C=O) groups excluding carboxylic acids is 1. The van der Waals surface area contributed by atoms with Gasteiger partial charge >= 0.3 is 0 Å². The van der Waals surface area contributed by atoms with Crippen LogP contribution in [-0.2, 0) is 0 Å². The fourth-order valence-electron chi connectivity index (χ4n) is 1.30. The maximum atomic E-state index is 11.7. The quantitative estimate of drug-likeness (QED) is 0.847. The summed E-state index contributed by atoms with van der Waals surface area (Å²) in [6, 6.07) is 5.09. The Kier molecular flexibility index (Phi) is 5.64. The zero-order valence-electron chi connectivity index (χ0n) is 9.61. The summed E-state index contributed by atoms with van der Waals surface area (Å²) in [5, 5.41) is 11.4. The number of hydrogen-bond donors (Lipinski definition) is 1. The maximum Gasteiger partial charge on any atom is 0.269 e. The summed E-state index contributed by atoms with van der Waals surface area (Å²) in [6.07, 6.45) is 3.48. The number of amides is 1. The number of nitriles is 1. The van der Waals surface area contributed by atoms with Crippen LogP contribution in [0.1, 0.15) is 35.8 Å². The standard InChI is InChI=1S/C12H14BrN3O/c1-2-3-10(13)8-16-12(17)11-5-4-9(6-14)7-15-11/h4-5,7,10H,2-3,8H2,1H3,(H,16,17). The molecule has 0 saturated heterocycles. The van der Waals surface area contributed by atoms with Gasteiger partial charge in [0.05, 0.1) is 5.56 Å². The Morgan fingerprint density at radius 3 is 2.94 bits per heavy atom. The van der Waals surface area contributed by atoms with E-state index in [0.717, 1.165) is 12.8 Å². The van der Waals surface area contributed by atoms with E-state index in [0.29, 0.717) is 17.8 Å². The SMILES string of the molecule is CCCC(Br)CNC(=O)c1ccc(C#N)cn1. The third-order valence-corrected chi connectivity index (χ3v) is 2.99. The van der Waals surface area contributed by atoms with E-state index in [2.05, 4.69) is 33.2 Å². The molecular weight excluding hydrogens is 282 g/mol. The summed E-state index contributed by atoms with van der Waals surface area (Å²) in [5.41, 5.74) is 0.783. The predicted molar refractivity (Wildman–Crippen MR) is 68.9 cm³/mol. The highest BCUT2D eigenvalue weighted by Crippen LogP contribution is 2.06. The molecule has 1 aromatic rings. The molecule has 1 N–H and O–H groups in total. The van der Waals surface area contributed by atoms with Crippen LogP contribution in [0, 0.1) is 11.3 Å². The largest absolute Gasteiger partial charge is 0.350 e. The van der Waals surface area contributed by atoms with Gasteiger partial charge < -0.3 is 5.32 Å². The average Bonchev–Trinajstić information content (AvgIpc) is 2.36. The van der Waals surface area contributed by atoms with E-state index in [-0.39, 0.29) is 10.7 Å². The van der Waals surface area contributed by atoms with Crippen LogP contribution in [0.25, 0.3) is 0 Å². The highest BCUT2D eigenvalue weighted by molar-refractivity contribution is 9.09. The highest BCUT2D eigenvalue weighted by Gasteiger charge is 2.09. The minimum atomic E-state index is -0.213. The van der Waals surface area contributed by atoms with Gasteiger partial charge in [-0.3, -0.25) is 4.79 Å². The molecule has 1 unspecified atom stereocenters. The van der Waals surface area contributed by atoms with Crippen molar-refractivity contribution in [3.05, 3.63) is 29.6 Å². The van der Waals surface area contributed by atoms with Crippen LogP contribution in [0.15, 0.2) is 18.3 Å². The molecule has 1 aromatic heterocycles. The second-order valence-electron chi connectivity index (χ2n) is 3.64. The van der Waals surface area contributed by atoms with Crippen molar-refractivity contribution in [1.29, 1.82) is 5.26 Å². The molecule has 0 aliphatic carbocycles. The second-order valence-corrected chi connectivity index (χ2v) is 4.93. The molecule has 0 aromatic carbocycles. The molecule has 0 aliphatic rings. The third kappa shape index (κ3) is 4.53. The van der Waals surface area contributed by atoms with Crippen molar-refractivity contribution < 1.29 is 4.79 Å². The van der Waals surface area contributed by atoms with Crippen molar-refractivity contribution in [3.8, 4) is 6.07 Å². The zero-order chi connectivity index (χ0) is 12.7. The Hall–Kier alpha value is -1.41. The van der Waals surface area contributed by atoms with Gasteiger partial charge in [-0.2, -0.15) is 5.26 Å². The smallest absolute Gasteiger partial charge is 0.269 e. The van der Waals surface area contributed by atoms with E-state index in [9.17, 15) is 4.79 Å². The lowest BCUT2D eigenvalue weighted by Crippen LogP contribution is -2.30. The minimum absolute atomic E-state index is 0.213. The van der Waals surface area contributed by atoms with Gasteiger partial charge in [-0.05, 0) is 18.6 Å². The number of rotatable bonds is 5. The molecule has 1 amide bonds. The van der Waals surface area contributed by atoms with Crippen molar-refractivity contribution in [2.24, 2.45) is 0 Å². The van der Waals surface area contributed by atoms with Gasteiger partial charge in [-0.15, -0.1) is 0 Å². The molecule has 4 nitrogen and oxygen atoms in total. The number of halogens is 1. The lowest BCUT2D eigenvalue weighted by Gasteiger charge is -2.09. The topological polar surface area (TPSA) is 65.8 Å². The van der Waals surface area contributed by atoms with E-state index in [1.54, 1.807) is 12.1 Å². The second kappa shape index (κ2) is 7.02. The molecule has 5 heteroatoms. The Morgan fingerprint density at radius 1 is 1.65 bits per heavy atom. The van der Waals surface area contributed by atoms with Gasteiger partial charge in [0.1, 0.15) is 11.8 Å². The summed E-state index contributed by atoms with van der Waals surface area (Å²) in [4.78, 5) is 15.9. The predicted octanol–water partition coefficient (Wildman–Crippen LogP) is 2.25. The van der Waals surface area contributed by atoms with Crippen LogP contribution >= 0.6 is 15.9 Å². The van der Waals surface area contributed by atoms with Gasteiger partial charge in [-0.1, -0.05) is 29.3 Å². The monoisotopic (exact) mass is 295 g/mol. The minimum Gasteiger partial charge on any atom is -0.350 e. The molecular formula is C12H14BrN3O. The number of aromatic nitrogens is 1. The van der Waals surface area contributed by atoms with Gasteiger partial charge in [-0.25, -0.2) is 4.98 Å². The van der Waals surface area contributed by atoms with Crippen LogP contribution < -0.4 is 5.32 Å².